The Balaban J connectivity index is 1.44. The van der Waals surface area contributed by atoms with Crippen molar-refractivity contribution in [1.82, 2.24) is 10.2 Å². The van der Waals surface area contributed by atoms with Crippen molar-refractivity contribution < 1.29 is 23.5 Å². The predicted octanol–water partition coefficient (Wildman–Crippen LogP) is 2.15. The Kier molecular flexibility index (Phi) is 6.62. The van der Waals surface area contributed by atoms with Gasteiger partial charge in [0, 0.05) is 19.6 Å². The van der Waals surface area contributed by atoms with Crippen molar-refractivity contribution in [3.05, 3.63) is 59.5 Å². The number of hydrogen-bond donors (Lipinski definition) is 1. The van der Waals surface area contributed by atoms with Crippen molar-refractivity contribution in [3.63, 3.8) is 0 Å². The molecule has 7 nitrogen and oxygen atoms in total. The molecule has 1 aromatic heterocycles. The molecule has 0 spiro atoms. The van der Waals surface area contributed by atoms with Crippen molar-refractivity contribution in [1.29, 1.82) is 0 Å². The van der Waals surface area contributed by atoms with Crippen molar-refractivity contribution in [3.8, 4) is 0 Å². The first-order valence-corrected chi connectivity index (χ1v) is 9.01. The quantitative estimate of drug-likeness (QED) is 0.750. The Morgan fingerprint density at radius 3 is 2.59 bits per heavy atom. The van der Waals surface area contributed by atoms with Gasteiger partial charge in [0.05, 0.1) is 31.1 Å². The summed E-state index contributed by atoms with van der Waals surface area (Å²) in [5.74, 6) is -0.254. The average Bonchev–Trinajstić information content (AvgIpc) is 3.22. The number of hydrogen-bond acceptors (Lipinski definition) is 6. The van der Waals surface area contributed by atoms with Gasteiger partial charge in [0.2, 0.25) is 0 Å². The highest BCUT2D eigenvalue weighted by molar-refractivity contribution is 5.91. The molecule has 0 radical (unpaired) electrons. The standard InChI is InChI=1S/C20H24N2O5/c1-15(18-3-2-10-26-18)21-19(23)14-27-20(24)17-6-4-16(5-7-17)13-22-8-11-25-12-9-22/h2-7,10,15H,8-9,11-14H2,1H3,(H,21,23)/t15-/m0/s1. The summed E-state index contributed by atoms with van der Waals surface area (Å²) in [6, 6.07) is 10.5. The van der Waals surface area contributed by atoms with E-state index in [1.165, 1.54) is 0 Å². The molecule has 1 aliphatic heterocycles. The second-order valence-corrected chi connectivity index (χ2v) is 6.47. The van der Waals surface area contributed by atoms with E-state index in [0.29, 0.717) is 11.3 Å². The molecule has 2 heterocycles. The zero-order valence-electron chi connectivity index (χ0n) is 15.3. The Morgan fingerprint density at radius 1 is 1.19 bits per heavy atom. The van der Waals surface area contributed by atoms with Gasteiger partial charge in [0.1, 0.15) is 5.76 Å². The lowest BCUT2D eigenvalue weighted by atomic mass is 10.1. The molecule has 1 saturated heterocycles. The van der Waals surface area contributed by atoms with Gasteiger partial charge in [-0.3, -0.25) is 9.69 Å². The van der Waals surface area contributed by atoms with Gasteiger partial charge < -0.3 is 19.2 Å². The van der Waals surface area contributed by atoms with Gasteiger partial charge in [-0.2, -0.15) is 0 Å². The number of benzene rings is 1. The Hall–Kier alpha value is -2.64. The second kappa shape index (κ2) is 9.34. The van der Waals surface area contributed by atoms with Crippen molar-refractivity contribution >= 4 is 11.9 Å². The van der Waals surface area contributed by atoms with Crippen LogP contribution < -0.4 is 5.32 Å². The number of nitrogens with zero attached hydrogens (tertiary/aromatic N) is 1. The highest BCUT2D eigenvalue weighted by Gasteiger charge is 2.15. The maximum Gasteiger partial charge on any atom is 0.338 e. The summed E-state index contributed by atoms with van der Waals surface area (Å²) in [6.45, 7) is 5.62. The monoisotopic (exact) mass is 372 g/mol. The first-order valence-electron chi connectivity index (χ1n) is 9.01. The number of esters is 1. The van der Waals surface area contributed by atoms with Gasteiger partial charge in [-0.25, -0.2) is 4.79 Å². The van der Waals surface area contributed by atoms with Crippen molar-refractivity contribution in [2.24, 2.45) is 0 Å². The van der Waals surface area contributed by atoms with E-state index in [0.717, 1.165) is 38.4 Å². The van der Waals surface area contributed by atoms with E-state index in [2.05, 4.69) is 10.2 Å². The summed E-state index contributed by atoms with van der Waals surface area (Å²) < 4.78 is 15.7. The molecular formula is C20H24N2O5. The highest BCUT2D eigenvalue weighted by atomic mass is 16.5. The van der Waals surface area contributed by atoms with Crippen LogP contribution in [0.3, 0.4) is 0 Å². The number of morpholine rings is 1. The lowest BCUT2D eigenvalue weighted by Crippen LogP contribution is -2.35. The van der Waals surface area contributed by atoms with Crippen LogP contribution in [0, 0.1) is 0 Å². The molecule has 2 aromatic rings. The summed E-state index contributed by atoms with van der Waals surface area (Å²) in [7, 11) is 0. The summed E-state index contributed by atoms with van der Waals surface area (Å²) in [5, 5.41) is 2.72. The summed E-state index contributed by atoms with van der Waals surface area (Å²) in [6.07, 6.45) is 1.54. The third-order valence-electron chi connectivity index (χ3n) is 4.38. The van der Waals surface area contributed by atoms with Gasteiger partial charge in [0.15, 0.2) is 6.61 Å². The molecule has 1 amide bonds. The minimum absolute atomic E-state index is 0.286. The van der Waals surface area contributed by atoms with E-state index >= 15 is 0 Å². The number of carbonyl (C=O) groups excluding carboxylic acids is 2. The normalized spacial score (nSPS) is 15.9. The van der Waals surface area contributed by atoms with E-state index in [-0.39, 0.29) is 18.6 Å². The van der Waals surface area contributed by atoms with Crippen LogP contribution in [-0.4, -0.2) is 49.7 Å². The van der Waals surface area contributed by atoms with E-state index in [4.69, 9.17) is 13.9 Å². The molecule has 0 saturated carbocycles. The molecule has 0 unspecified atom stereocenters. The summed E-state index contributed by atoms with van der Waals surface area (Å²) in [4.78, 5) is 26.3. The zero-order chi connectivity index (χ0) is 19.1. The second-order valence-electron chi connectivity index (χ2n) is 6.47. The SMILES string of the molecule is C[C@H](NC(=O)COC(=O)c1ccc(CN2CCOCC2)cc1)c1ccco1. The van der Waals surface area contributed by atoms with Crippen LogP contribution in [0.4, 0.5) is 0 Å². The lowest BCUT2D eigenvalue weighted by Gasteiger charge is -2.26. The van der Waals surface area contributed by atoms with Crippen LogP contribution in [-0.2, 0) is 20.8 Å². The Bertz CT molecular complexity index is 736. The number of amides is 1. The van der Waals surface area contributed by atoms with Crippen LogP contribution in [0.25, 0.3) is 0 Å². The number of ether oxygens (including phenoxy) is 2. The minimum Gasteiger partial charge on any atom is -0.467 e. The molecule has 1 fully saturated rings. The smallest absolute Gasteiger partial charge is 0.338 e. The molecule has 1 aromatic carbocycles. The van der Waals surface area contributed by atoms with Gasteiger partial charge in [0.25, 0.3) is 5.91 Å². The van der Waals surface area contributed by atoms with Crippen LogP contribution >= 0.6 is 0 Å². The van der Waals surface area contributed by atoms with E-state index in [1.54, 1.807) is 37.5 Å². The van der Waals surface area contributed by atoms with E-state index in [9.17, 15) is 9.59 Å². The highest BCUT2D eigenvalue weighted by Crippen LogP contribution is 2.12. The molecular weight excluding hydrogens is 348 g/mol. The predicted molar refractivity (Wildman–Crippen MR) is 98.1 cm³/mol. The lowest BCUT2D eigenvalue weighted by molar-refractivity contribution is -0.125. The maximum atomic E-state index is 12.1. The van der Waals surface area contributed by atoms with Crippen LogP contribution in [0.2, 0.25) is 0 Å². The van der Waals surface area contributed by atoms with Gasteiger partial charge >= 0.3 is 5.97 Å². The first kappa shape index (κ1) is 19.1. The van der Waals surface area contributed by atoms with Crippen LogP contribution in [0.1, 0.15) is 34.6 Å². The molecule has 1 N–H and O–H groups in total. The Labute approximate surface area is 158 Å². The van der Waals surface area contributed by atoms with Gasteiger partial charge in [-0.15, -0.1) is 0 Å². The zero-order valence-corrected chi connectivity index (χ0v) is 15.3. The topological polar surface area (TPSA) is 81.0 Å². The number of rotatable bonds is 7. The summed E-state index contributed by atoms with van der Waals surface area (Å²) in [5.41, 5.74) is 1.55. The largest absolute Gasteiger partial charge is 0.467 e. The average molecular weight is 372 g/mol. The Morgan fingerprint density at radius 2 is 1.93 bits per heavy atom. The van der Waals surface area contributed by atoms with Crippen molar-refractivity contribution in [2.75, 3.05) is 32.9 Å². The van der Waals surface area contributed by atoms with E-state index in [1.807, 2.05) is 12.1 Å². The van der Waals surface area contributed by atoms with E-state index < -0.39 is 5.97 Å². The third kappa shape index (κ3) is 5.67. The maximum absolute atomic E-state index is 12.1. The van der Waals surface area contributed by atoms with Crippen molar-refractivity contribution in [2.45, 2.75) is 19.5 Å². The molecule has 1 aliphatic rings. The molecule has 1 atom stereocenters. The third-order valence-corrected chi connectivity index (χ3v) is 4.38. The van der Waals surface area contributed by atoms with Gasteiger partial charge in [-0.05, 0) is 36.8 Å². The molecule has 144 valence electrons. The first-order chi connectivity index (χ1) is 13.1. The van der Waals surface area contributed by atoms with Crippen LogP contribution in [0.15, 0.2) is 47.1 Å². The molecule has 3 rings (SSSR count). The van der Waals surface area contributed by atoms with Crippen LogP contribution in [0.5, 0.6) is 0 Å². The molecule has 0 bridgehead atoms. The minimum atomic E-state index is -0.520. The summed E-state index contributed by atoms with van der Waals surface area (Å²) >= 11 is 0. The molecule has 27 heavy (non-hydrogen) atoms. The molecule has 7 heteroatoms. The van der Waals surface area contributed by atoms with Gasteiger partial charge in [-0.1, -0.05) is 12.1 Å². The number of nitrogens with one attached hydrogen (secondary N) is 1. The fraction of sp³-hybridized carbons (Fsp3) is 0.400. The molecule has 0 aliphatic carbocycles. The number of carbonyl (C=O) groups is 2. The number of furan rings is 1. The fourth-order valence-corrected chi connectivity index (χ4v) is 2.87. The fourth-order valence-electron chi connectivity index (χ4n) is 2.87.